The first-order valence-electron chi connectivity index (χ1n) is 8.31. The number of fused-ring (bicyclic) bond motifs is 2. The van der Waals surface area contributed by atoms with Gasteiger partial charge in [-0.05, 0) is 60.1 Å². The smallest absolute Gasteiger partial charge is 0.0626 e. The molecule has 2 aromatic rings. The summed E-state index contributed by atoms with van der Waals surface area (Å²) in [4.78, 5) is 0. The van der Waals surface area contributed by atoms with E-state index in [0.29, 0.717) is 11.8 Å². The molecule has 0 aliphatic carbocycles. The van der Waals surface area contributed by atoms with Gasteiger partial charge in [-0.3, -0.25) is 0 Å². The summed E-state index contributed by atoms with van der Waals surface area (Å²) in [6, 6.07) is 13.4. The van der Waals surface area contributed by atoms with Crippen LogP contribution in [0.2, 0.25) is 0 Å². The van der Waals surface area contributed by atoms with E-state index in [9.17, 15) is 0 Å². The maximum atomic E-state index is 3.57. The van der Waals surface area contributed by atoms with Crippen molar-refractivity contribution >= 4 is 22.7 Å². The Morgan fingerprint density at radius 3 is 1.41 bits per heavy atom. The molecule has 0 aromatic heterocycles. The molecule has 2 N–H and O–H groups in total. The van der Waals surface area contributed by atoms with Crippen molar-refractivity contribution in [1.29, 1.82) is 0 Å². The van der Waals surface area contributed by atoms with Gasteiger partial charge in [0, 0.05) is 0 Å². The van der Waals surface area contributed by atoms with Crippen LogP contribution in [0.4, 0.5) is 22.7 Å². The number of nitrogens with one attached hydrogen (secondary N) is 2. The Bertz CT molecular complexity index is 612. The Morgan fingerprint density at radius 1 is 0.636 bits per heavy atom. The average Bonchev–Trinajstić information content (AvgIpc) is 2.44. The maximum absolute atomic E-state index is 3.57. The molecule has 0 saturated heterocycles. The molecule has 2 nitrogen and oxygen atoms in total. The molecule has 0 atom stereocenters. The van der Waals surface area contributed by atoms with Crippen molar-refractivity contribution in [3.63, 3.8) is 0 Å². The molecule has 0 amide bonds. The van der Waals surface area contributed by atoms with E-state index in [1.54, 1.807) is 0 Å². The zero-order chi connectivity index (χ0) is 15.7. The van der Waals surface area contributed by atoms with Crippen LogP contribution in [0.3, 0.4) is 0 Å². The lowest BCUT2D eigenvalue weighted by Crippen LogP contribution is -2.08. The lowest BCUT2D eigenvalue weighted by molar-refractivity contribution is 0.647. The van der Waals surface area contributed by atoms with Crippen molar-refractivity contribution in [2.45, 2.75) is 40.5 Å². The van der Waals surface area contributed by atoms with Crippen molar-refractivity contribution < 1.29 is 0 Å². The molecular formula is C20H26N2. The summed E-state index contributed by atoms with van der Waals surface area (Å²) in [7, 11) is 0. The van der Waals surface area contributed by atoms with Gasteiger partial charge in [0.25, 0.3) is 0 Å². The largest absolute Gasteiger partial charge is 0.352 e. The second kappa shape index (κ2) is 6.04. The van der Waals surface area contributed by atoms with Crippen LogP contribution in [-0.2, 0) is 12.8 Å². The topological polar surface area (TPSA) is 24.1 Å². The third kappa shape index (κ3) is 3.27. The summed E-state index contributed by atoms with van der Waals surface area (Å²) in [5.41, 5.74) is 7.48. The van der Waals surface area contributed by atoms with Crippen molar-refractivity contribution in [1.82, 2.24) is 0 Å². The minimum Gasteiger partial charge on any atom is -0.352 e. The van der Waals surface area contributed by atoms with Gasteiger partial charge in [-0.15, -0.1) is 0 Å². The fourth-order valence-corrected chi connectivity index (χ4v) is 3.09. The van der Waals surface area contributed by atoms with E-state index < -0.39 is 0 Å². The quantitative estimate of drug-likeness (QED) is 0.627. The van der Waals surface area contributed by atoms with Gasteiger partial charge in [0.1, 0.15) is 0 Å². The van der Waals surface area contributed by atoms with E-state index in [2.05, 4.69) is 74.7 Å². The number of rotatable bonds is 4. The van der Waals surface area contributed by atoms with Crippen molar-refractivity contribution in [2.24, 2.45) is 11.8 Å². The predicted octanol–water partition coefficient (Wildman–Crippen LogP) is 5.88. The summed E-state index contributed by atoms with van der Waals surface area (Å²) in [6.07, 6.45) is 2.24. The Hall–Kier alpha value is -1.96. The molecule has 0 spiro atoms. The first-order chi connectivity index (χ1) is 10.5. The van der Waals surface area contributed by atoms with Gasteiger partial charge >= 0.3 is 0 Å². The molecule has 3 rings (SSSR count). The fraction of sp³-hybridized carbons (Fsp3) is 0.400. The van der Waals surface area contributed by atoms with Crippen LogP contribution in [0, 0.1) is 11.8 Å². The monoisotopic (exact) mass is 294 g/mol. The average molecular weight is 294 g/mol. The molecule has 0 unspecified atom stereocenters. The van der Waals surface area contributed by atoms with E-state index >= 15 is 0 Å². The summed E-state index contributed by atoms with van der Waals surface area (Å²) >= 11 is 0. The van der Waals surface area contributed by atoms with E-state index in [1.807, 2.05) is 0 Å². The Labute approximate surface area is 134 Å². The van der Waals surface area contributed by atoms with Crippen LogP contribution in [0.1, 0.15) is 38.8 Å². The maximum Gasteiger partial charge on any atom is 0.0626 e. The molecule has 1 aliphatic heterocycles. The fourth-order valence-electron chi connectivity index (χ4n) is 3.09. The second-order valence-electron chi connectivity index (χ2n) is 7.21. The highest BCUT2D eigenvalue weighted by molar-refractivity contribution is 5.90. The predicted molar refractivity (Wildman–Crippen MR) is 96.5 cm³/mol. The minimum absolute atomic E-state index is 0.681. The third-order valence-corrected chi connectivity index (χ3v) is 3.99. The number of hydrogen-bond donors (Lipinski definition) is 2. The van der Waals surface area contributed by atoms with Crippen LogP contribution >= 0.6 is 0 Å². The normalized spacial score (nSPS) is 12.6. The SMILES string of the molecule is CC(C)Cc1ccc2c(c1)Nc1ccc(CC(C)C)cc1N2. The number of benzene rings is 2. The Morgan fingerprint density at radius 2 is 1.05 bits per heavy atom. The van der Waals surface area contributed by atoms with Gasteiger partial charge in [0.15, 0.2) is 0 Å². The Balaban J connectivity index is 1.85. The van der Waals surface area contributed by atoms with Gasteiger partial charge in [-0.1, -0.05) is 39.8 Å². The van der Waals surface area contributed by atoms with Crippen LogP contribution in [-0.4, -0.2) is 0 Å². The summed E-state index contributed by atoms with van der Waals surface area (Å²) in [5, 5.41) is 7.14. The highest BCUT2D eigenvalue weighted by Gasteiger charge is 2.15. The summed E-state index contributed by atoms with van der Waals surface area (Å²) < 4.78 is 0. The van der Waals surface area contributed by atoms with Crippen LogP contribution in [0.25, 0.3) is 0 Å². The zero-order valence-electron chi connectivity index (χ0n) is 14.0. The molecule has 116 valence electrons. The molecule has 0 saturated carbocycles. The standard InChI is InChI=1S/C20H26N2/c1-13(2)9-15-5-7-17-19(11-15)21-18-8-6-16(10-14(3)4)12-20(18)22-17/h5-8,11-14,21-22H,9-10H2,1-4H3. The molecular weight excluding hydrogens is 268 g/mol. The number of anilines is 4. The molecule has 1 heterocycles. The van der Waals surface area contributed by atoms with Gasteiger partial charge in [-0.2, -0.15) is 0 Å². The van der Waals surface area contributed by atoms with E-state index in [0.717, 1.165) is 12.8 Å². The second-order valence-corrected chi connectivity index (χ2v) is 7.21. The van der Waals surface area contributed by atoms with Crippen LogP contribution in [0.5, 0.6) is 0 Å². The van der Waals surface area contributed by atoms with Crippen LogP contribution < -0.4 is 10.6 Å². The minimum atomic E-state index is 0.681. The highest BCUT2D eigenvalue weighted by Crippen LogP contribution is 2.39. The summed E-state index contributed by atoms with van der Waals surface area (Å²) in [6.45, 7) is 9.04. The van der Waals surface area contributed by atoms with Gasteiger partial charge < -0.3 is 10.6 Å². The molecule has 1 aliphatic rings. The molecule has 22 heavy (non-hydrogen) atoms. The van der Waals surface area contributed by atoms with Crippen molar-refractivity contribution in [2.75, 3.05) is 10.6 Å². The Kier molecular flexibility index (Phi) is 4.10. The zero-order valence-corrected chi connectivity index (χ0v) is 14.0. The third-order valence-electron chi connectivity index (χ3n) is 3.99. The van der Waals surface area contributed by atoms with E-state index in [1.165, 1.54) is 33.9 Å². The van der Waals surface area contributed by atoms with Gasteiger partial charge in [-0.25, -0.2) is 0 Å². The van der Waals surface area contributed by atoms with Gasteiger partial charge in [0.2, 0.25) is 0 Å². The first-order valence-corrected chi connectivity index (χ1v) is 8.31. The summed E-state index contributed by atoms with van der Waals surface area (Å²) in [5.74, 6) is 1.36. The van der Waals surface area contributed by atoms with Crippen molar-refractivity contribution in [3.8, 4) is 0 Å². The van der Waals surface area contributed by atoms with Crippen LogP contribution in [0.15, 0.2) is 36.4 Å². The number of hydrogen-bond acceptors (Lipinski definition) is 2. The molecule has 0 radical (unpaired) electrons. The lowest BCUT2D eigenvalue weighted by atomic mass is 9.99. The lowest BCUT2D eigenvalue weighted by Gasteiger charge is -2.24. The van der Waals surface area contributed by atoms with Gasteiger partial charge in [0.05, 0.1) is 22.7 Å². The molecule has 2 aromatic carbocycles. The molecule has 0 fully saturated rings. The molecule has 0 bridgehead atoms. The highest BCUT2D eigenvalue weighted by atomic mass is 15.0. The van der Waals surface area contributed by atoms with Crippen molar-refractivity contribution in [3.05, 3.63) is 47.5 Å². The molecule has 2 heteroatoms. The van der Waals surface area contributed by atoms with E-state index in [4.69, 9.17) is 0 Å². The first kappa shape index (κ1) is 15.0. The van der Waals surface area contributed by atoms with E-state index in [-0.39, 0.29) is 0 Å².